The molecule has 1 aromatic heterocycles. The van der Waals surface area contributed by atoms with Gasteiger partial charge in [0.1, 0.15) is 11.6 Å². The molecule has 2 N–H and O–H groups in total. The molecule has 9 heteroatoms. The minimum Gasteiger partial charge on any atom is -0.491 e. The molecule has 1 heterocycles. The Morgan fingerprint density at radius 1 is 1.35 bits per heavy atom. The SMILES string of the molecule is CC(C)Cn1c(CCC(N)=O)nnc1SCCOc1ccc(Cl)cc1Cl. The lowest BCUT2D eigenvalue weighted by atomic mass is 10.2. The van der Waals surface area contributed by atoms with Crippen LogP contribution in [0.15, 0.2) is 23.4 Å². The van der Waals surface area contributed by atoms with Crippen LogP contribution in [0.4, 0.5) is 0 Å². The van der Waals surface area contributed by atoms with E-state index < -0.39 is 0 Å². The van der Waals surface area contributed by atoms with Gasteiger partial charge in [0.05, 0.1) is 11.6 Å². The van der Waals surface area contributed by atoms with Crippen molar-refractivity contribution in [1.82, 2.24) is 14.8 Å². The third-order valence-corrected chi connectivity index (χ3v) is 4.86. The van der Waals surface area contributed by atoms with Gasteiger partial charge in [-0.15, -0.1) is 10.2 Å². The number of thioether (sulfide) groups is 1. The van der Waals surface area contributed by atoms with Crippen molar-refractivity contribution in [3.63, 3.8) is 0 Å². The fourth-order valence-electron chi connectivity index (χ4n) is 2.27. The Balaban J connectivity index is 1.94. The second-order valence-corrected chi connectivity index (χ2v) is 8.05. The number of ether oxygens (including phenoxy) is 1. The van der Waals surface area contributed by atoms with Gasteiger partial charge in [-0.2, -0.15) is 0 Å². The molecule has 2 rings (SSSR count). The van der Waals surface area contributed by atoms with E-state index >= 15 is 0 Å². The molecule has 0 radical (unpaired) electrons. The van der Waals surface area contributed by atoms with Crippen LogP contribution in [-0.4, -0.2) is 33.0 Å². The van der Waals surface area contributed by atoms with Crippen molar-refractivity contribution in [1.29, 1.82) is 0 Å². The van der Waals surface area contributed by atoms with Gasteiger partial charge in [0.2, 0.25) is 5.91 Å². The number of nitrogens with two attached hydrogens (primary N) is 1. The maximum atomic E-state index is 11.0. The predicted molar refractivity (Wildman–Crippen MR) is 105 cm³/mol. The lowest BCUT2D eigenvalue weighted by Gasteiger charge is -2.12. The summed E-state index contributed by atoms with van der Waals surface area (Å²) in [6, 6.07) is 5.13. The molecular weight excluding hydrogens is 395 g/mol. The first-order valence-electron chi connectivity index (χ1n) is 8.28. The molecule has 0 spiro atoms. The molecule has 0 aliphatic carbocycles. The quantitative estimate of drug-likeness (QED) is 0.469. The second-order valence-electron chi connectivity index (χ2n) is 6.14. The Bertz CT molecular complexity index is 752. The number of carbonyl (C=O) groups is 1. The summed E-state index contributed by atoms with van der Waals surface area (Å²) in [5.74, 6) is 2.16. The summed E-state index contributed by atoms with van der Waals surface area (Å²) in [6.45, 7) is 5.50. The zero-order valence-corrected chi connectivity index (χ0v) is 17.1. The Morgan fingerprint density at radius 2 is 2.12 bits per heavy atom. The van der Waals surface area contributed by atoms with Gasteiger partial charge in [0.15, 0.2) is 5.16 Å². The summed E-state index contributed by atoms with van der Waals surface area (Å²) in [4.78, 5) is 11.0. The summed E-state index contributed by atoms with van der Waals surface area (Å²) in [5, 5.41) is 10.3. The van der Waals surface area contributed by atoms with Crippen LogP contribution in [0, 0.1) is 5.92 Å². The van der Waals surface area contributed by atoms with Crippen LogP contribution in [0.25, 0.3) is 0 Å². The number of halogens is 2. The Kier molecular flexibility index (Phi) is 8.06. The van der Waals surface area contributed by atoms with Crippen LogP contribution < -0.4 is 10.5 Å². The highest BCUT2D eigenvalue weighted by molar-refractivity contribution is 7.99. The largest absolute Gasteiger partial charge is 0.491 e. The monoisotopic (exact) mass is 416 g/mol. The number of rotatable bonds is 10. The van der Waals surface area contributed by atoms with Gasteiger partial charge in [0, 0.05) is 30.2 Å². The van der Waals surface area contributed by atoms with Crippen LogP contribution in [0.3, 0.4) is 0 Å². The van der Waals surface area contributed by atoms with E-state index in [4.69, 9.17) is 33.7 Å². The van der Waals surface area contributed by atoms with Gasteiger partial charge < -0.3 is 15.0 Å². The molecule has 0 saturated carbocycles. The topological polar surface area (TPSA) is 83.0 Å². The molecule has 0 aliphatic heterocycles. The second kappa shape index (κ2) is 10.0. The number of benzene rings is 1. The molecule has 0 unspecified atom stereocenters. The minimum absolute atomic E-state index is 0.263. The first-order chi connectivity index (χ1) is 12.4. The molecule has 2 aromatic rings. The molecule has 0 atom stereocenters. The van der Waals surface area contributed by atoms with Crippen LogP contribution in [-0.2, 0) is 17.8 Å². The summed E-state index contributed by atoms with van der Waals surface area (Å²) in [7, 11) is 0. The highest BCUT2D eigenvalue weighted by atomic mass is 35.5. The fraction of sp³-hybridized carbons (Fsp3) is 0.471. The number of nitrogens with zero attached hydrogens (tertiary/aromatic N) is 3. The van der Waals surface area contributed by atoms with Gasteiger partial charge in [-0.05, 0) is 24.1 Å². The van der Waals surface area contributed by atoms with Crippen molar-refractivity contribution in [2.45, 2.75) is 38.4 Å². The Morgan fingerprint density at radius 3 is 2.77 bits per heavy atom. The van der Waals surface area contributed by atoms with Crippen LogP contribution in [0.2, 0.25) is 10.0 Å². The number of aromatic nitrogens is 3. The third kappa shape index (κ3) is 6.37. The molecule has 1 amide bonds. The third-order valence-electron chi connectivity index (χ3n) is 3.40. The Labute approximate surface area is 167 Å². The van der Waals surface area contributed by atoms with E-state index in [2.05, 4.69) is 24.0 Å². The smallest absolute Gasteiger partial charge is 0.217 e. The van der Waals surface area contributed by atoms with Crippen LogP contribution >= 0.6 is 35.0 Å². The van der Waals surface area contributed by atoms with Crippen molar-refractivity contribution >= 4 is 40.9 Å². The van der Waals surface area contributed by atoms with Crippen molar-refractivity contribution in [3.05, 3.63) is 34.1 Å². The van der Waals surface area contributed by atoms with Crippen LogP contribution in [0.1, 0.15) is 26.1 Å². The van der Waals surface area contributed by atoms with E-state index in [0.29, 0.717) is 40.5 Å². The van der Waals surface area contributed by atoms with Gasteiger partial charge >= 0.3 is 0 Å². The van der Waals surface area contributed by atoms with E-state index in [-0.39, 0.29) is 12.3 Å². The van der Waals surface area contributed by atoms with E-state index in [1.807, 2.05) is 4.57 Å². The fourth-order valence-corrected chi connectivity index (χ4v) is 3.52. The van der Waals surface area contributed by atoms with Gasteiger partial charge in [-0.25, -0.2) is 0 Å². The molecule has 142 valence electrons. The zero-order chi connectivity index (χ0) is 19.1. The first kappa shape index (κ1) is 20.9. The minimum atomic E-state index is -0.341. The molecule has 0 bridgehead atoms. The summed E-state index contributed by atoms with van der Waals surface area (Å²) >= 11 is 13.5. The van der Waals surface area contributed by atoms with Crippen molar-refractivity contribution < 1.29 is 9.53 Å². The highest BCUT2D eigenvalue weighted by Gasteiger charge is 2.14. The molecule has 6 nitrogen and oxygen atoms in total. The van der Waals surface area contributed by atoms with Crippen LogP contribution in [0.5, 0.6) is 5.75 Å². The predicted octanol–water partition coefficient (Wildman–Crippen LogP) is 3.83. The number of amides is 1. The number of hydrogen-bond acceptors (Lipinski definition) is 5. The van der Waals surface area contributed by atoms with E-state index in [1.165, 1.54) is 0 Å². The molecule has 26 heavy (non-hydrogen) atoms. The van der Waals surface area contributed by atoms with E-state index in [0.717, 1.165) is 17.5 Å². The Hall–Kier alpha value is -1.44. The lowest BCUT2D eigenvalue weighted by molar-refractivity contribution is -0.118. The van der Waals surface area contributed by atoms with Crippen molar-refractivity contribution in [3.8, 4) is 5.75 Å². The first-order valence-corrected chi connectivity index (χ1v) is 10.0. The van der Waals surface area contributed by atoms with E-state index in [1.54, 1.807) is 30.0 Å². The number of hydrogen-bond donors (Lipinski definition) is 1. The molecule has 1 aromatic carbocycles. The number of aryl methyl sites for hydroxylation is 1. The number of primary amides is 1. The summed E-state index contributed by atoms with van der Waals surface area (Å²) in [6.07, 6.45) is 0.756. The molecular formula is C17H22Cl2N4O2S. The zero-order valence-electron chi connectivity index (χ0n) is 14.7. The number of carbonyl (C=O) groups excluding carboxylic acids is 1. The van der Waals surface area contributed by atoms with Gasteiger partial charge in [0.25, 0.3) is 0 Å². The van der Waals surface area contributed by atoms with E-state index in [9.17, 15) is 4.79 Å². The van der Waals surface area contributed by atoms with Crippen molar-refractivity contribution in [2.75, 3.05) is 12.4 Å². The average Bonchev–Trinajstić information content (AvgIpc) is 2.92. The molecule has 0 fully saturated rings. The summed E-state index contributed by atoms with van der Waals surface area (Å²) in [5.41, 5.74) is 5.24. The van der Waals surface area contributed by atoms with Gasteiger partial charge in [-0.1, -0.05) is 48.8 Å². The molecule has 0 aliphatic rings. The van der Waals surface area contributed by atoms with Crippen molar-refractivity contribution in [2.24, 2.45) is 11.7 Å². The summed E-state index contributed by atoms with van der Waals surface area (Å²) < 4.78 is 7.74. The highest BCUT2D eigenvalue weighted by Crippen LogP contribution is 2.28. The maximum Gasteiger partial charge on any atom is 0.217 e. The normalized spacial score (nSPS) is 11.1. The standard InChI is InChI=1S/C17H22Cl2N4O2S/c1-11(2)10-23-16(6-5-15(20)24)21-22-17(23)26-8-7-25-14-4-3-12(18)9-13(14)19/h3-4,9,11H,5-8,10H2,1-2H3,(H2,20,24). The maximum absolute atomic E-state index is 11.0. The average molecular weight is 417 g/mol. The van der Waals surface area contributed by atoms with Gasteiger partial charge in [-0.3, -0.25) is 4.79 Å². The lowest BCUT2D eigenvalue weighted by Crippen LogP contribution is -2.15. The molecule has 0 saturated heterocycles.